The maximum atomic E-state index is 13.1. The molecule has 3 aromatic rings. The Kier molecular flexibility index (Phi) is 5.04. The fourth-order valence-electron chi connectivity index (χ4n) is 3.99. The van der Waals surface area contributed by atoms with Crippen molar-refractivity contribution in [2.75, 3.05) is 11.5 Å². The average Bonchev–Trinajstić information content (AvgIpc) is 3.07. The number of carbonyl (C=O) groups is 2. The summed E-state index contributed by atoms with van der Waals surface area (Å²) in [4.78, 5) is 26.2. The first-order valence-corrected chi connectivity index (χ1v) is 9.85. The number of hydrogen-bond donors (Lipinski definition) is 1. The van der Waals surface area contributed by atoms with E-state index in [2.05, 4.69) is 12.1 Å². The molecule has 1 amide bonds. The summed E-state index contributed by atoms with van der Waals surface area (Å²) >= 11 is 0. The molecule has 1 aliphatic rings. The number of carbonyl (C=O) groups excluding carboxylic acids is 1. The van der Waals surface area contributed by atoms with Gasteiger partial charge in [-0.1, -0.05) is 66.7 Å². The number of rotatable bonds is 5. The largest absolute Gasteiger partial charge is 0.480 e. The van der Waals surface area contributed by atoms with Crippen LogP contribution in [0.1, 0.15) is 30.9 Å². The van der Waals surface area contributed by atoms with Crippen LogP contribution in [-0.4, -0.2) is 29.3 Å². The Morgan fingerprint density at radius 1 is 0.867 bits per heavy atom. The van der Waals surface area contributed by atoms with Crippen molar-refractivity contribution < 1.29 is 19.4 Å². The Morgan fingerprint density at radius 2 is 1.37 bits per heavy atom. The van der Waals surface area contributed by atoms with Crippen molar-refractivity contribution in [3.63, 3.8) is 0 Å². The van der Waals surface area contributed by atoms with E-state index < -0.39 is 17.6 Å². The minimum atomic E-state index is -1.47. The molecular weight excluding hydrogens is 378 g/mol. The molecule has 0 unspecified atom stereocenters. The molecule has 1 aliphatic carbocycles. The summed E-state index contributed by atoms with van der Waals surface area (Å²) in [6.45, 7) is 3.11. The van der Waals surface area contributed by atoms with Gasteiger partial charge in [-0.25, -0.2) is 9.59 Å². The Hall–Kier alpha value is -3.60. The van der Waals surface area contributed by atoms with Crippen molar-refractivity contribution in [2.24, 2.45) is 0 Å². The molecule has 0 aliphatic heterocycles. The predicted molar refractivity (Wildman–Crippen MR) is 116 cm³/mol. The van der Waals surface area contributed by atoms with Gasteiger partial charge in [0.2, 0.25) is 0 Å². The lowest BCUT2D eigenvalue weighted by molar-refractivity contribution is -0.142. The van der Waals surface area contributed by atoms with Gasteiger partial charge in [0.1, 0.15) is 12.1 Å². The highest BCUT2D eigenvalue weighted by Crippen LogP contribution is 2.44. The Morgan fingerprint density at radius 3 is 1.90 bits per heavy atom. The Bertz CT molecular complexity index is 1050. The first-order valence-electron chi connectivity index (χ1n) is 9.85. The van der Waals surface area contributed by atoms with Gasteiger partial charge in [0.15, 0.2) is 0 Å². The van der Waals surface area contributed by atoms with Crippen LogP contribution in [0.3, 0.4) is 0 Å². The van der Waals surface area contributed by atoms with Gasteiger partial charge in [-0.2, -0.15) is 0 Å². The van der Waals surface area contributed by atoms with E-state index in [0.29, 0.717) is 5.69 Å². The summed E-state index contributed by atoms with van der Waals surface area (Å²) in [5.74, 6) is -1.20. The third-order valence-electron chi connectivity index (χ3n) is 5.62. The quantitative estimate of drug-likeness (QED) is 0.630. The number of carboxylic acids is 1. The summed E-state index contributed by atoms with van der Waals surface area (Å²) in [6.07, 6.45) is -0.685. The van der Waals surface area contributed by atoms with E-state index in [1.54, 1.807) is 24.3 Å². The molecule has 0 saturated heterocycles. The third-order valence-corrected chi connectivity index (χ3v) is 5.62. The lowest BCUT2D eigenvalue weighted by atomic mass is 9.98. The monoisotopic (exact) mass is 401 g/mol. The molecule has 0 bridgehead atoms. The normalized spacial score (nSPS) is 12.7. The second-order valence-electron chi connectivity index (χ2n) is 7.84. The van der Waals surface area contributed by atoms with E-state index in [9.17, 15) is 14.7 Å². The lowest BCUT2D eigenvalue weighted by Gasteiger charge is -2.34. The predicted octanol–water partition coefficient (Wildman–Crippen LogP) is 5.31. The molecule has 5 nitrogen and oxygen atoms in total. The summed E-state index contributed by atoms with van der Waals surface area (Å²) < 4.78 is 5.72. The van der Waals surface area contributed by atoms with Crippen LogP contribution in [0, 0.1) is 0 Å². The zero-order valence-corrected chi connectivity index (χ0v) is 16.9. The van der Waals surface area contributed by atoms with Crippen molar-refractivity contribution >= 4 is 17.7 Å². The van der Waals surface area contributed by atoms with Crippen LogP contribution in [0.15, 0.2) is 78.9 Å². The molecule has 5 heteroatoms. The highest BCUT2D eigenvalue weighted by Gasteiger charge is 2.40. The summed E-state index contributed by atoms with van der Waals surface area (Å²) in [6, 6.07) is 24.9. The summed E-state index contributed by atoms with van der Waals surface area (Å²) in [7, 11) is 0. The van der Waals surface area contributed by atoms with Gasteiger partial charge in [0, 0.05) is 11.6 Å². The minimum Gasteiger partial charge on any atom is -0.480 e. The molecule has 0 saturated carbocycles. The second kappa shape index (κ2) is 7.67. The average molecular weight is 401 g/mol. The number of benzene rings is 3. The number of anilines is 1. The van der Waals surface area contributed by atoms with Crippen LogP contribution in [0.4, 0.5) is 10.5 Å². The van der Waals surface area contributed by atoms with E-state index in [1.165, 1.54) is 18.7 Å². The molecule has 3 aromatic carbocycles. The van der Waals surface area contributed by atoms with Gasteiger partial charge in [0.05, 0.1) is 0 Å². The first kappa shape index (κ1) is 19.7. The fourth-order valence-corrected chi connectivity index (χ4v) is 3.99. The number of carboxylic acid groups (broad SMARTS) is 1. The van der Waals surface area contributed by atoms with E-state index in [1.807, 2.05) is 42.5 Å². The second-order valence-corrected chi connectivity index (χ2v) is 7.84. The highest BCUT2D eigenvalue weighted by atomic mass is 16.6. The van der Waals surface area contributed by atoms with Gasteiger partial charge >= 0.3 is 12.1 Å². The van der Waals surface area contributed by atoms with Gasteiger partial charge in [-0.05, 0) is 48.2 Å². The maximum Gasteiger partial charge on any atom is 0.415 e. The lowest BCUT2D eigenvalue weighted by Crippen LogP contribution is -2.53. The number of para-hydroxylation sites is 1. The van der Waals surface area contributed by atoms with E-state index in [4.69, 9.17) is 4.74 Å². The van der Waals surface area contributed by atoms with Crippen LogP contribution >= 0.6 is 0 Å². The zero-order valence-electron chi connectivity index (χ0n) is 16.9. The minimum absolute atomic E-state index is 0.0908. The van der Waals surface area contributed by atoms with Crippen molar-refractivity contribution in [2.45, 2.75) is 25.3 Å². The number of nitrogens with zero attached hydrogens (tertiary/aromatic N) is 1. The van der Waals surface area contributed by atoms with Crippen LogP contribution in [0.2, 0.25) is 0 Å². The molecule has 1 N–H and O–H groups in total. The molecule has 152 valence electrons. The first-order chi connectivity index (χ1) is 14.4. The van der Waals surface area contributed by atoms with Crippen molar-refractivity contribution in [1.82, 2.24) is 0 Å². The summed E-state index contributed by atoms with van der Waals surface area (Å²) in [5.41, 5.74) is 3.50. The number of aliphatic carboxylic acids is 1. The van der Waals surface area contributed by atoms with Gasteiger partial charge in [-0.3, -0.25) is 4.90 Å². The van der Waals surface area contributed by atoms with Crippen LogP contribution < -0.4 is 4.90 Å². The van der Waals surface area contributed by atoms with E-state index in [0.717, 1.165) is 22.3 Å². The molecule has 30 heavy (non-hydrogen) atoms. The van der Waals surface area contributed by atoms with Gasteiger partial charge in [0.25, 0.3) is 0 Å². The molecule has 0 heterocycles. The highest BCUT2D eigenvalue weighted by molar-refractivity contribution is 5.97. The van der Waals surface area contributed by atoms with Crippen molar-refractivity contribution in [3.8, 4) is 11.1 Å². The van der Waals surface area contributed by atoms with Crippen LogP contribution in [0.25, 0.3) is 11.1 Å². The molecular formula is C25H23NO4. The van der Waals surface area contributed by atoms with E-state index in [-0.39, 0.29) is 12.5 Å². The maximum absolute atomic E-state index is 13.1. The SMILES string of the molecule is CC(C)(C(=O)O)N(C(=O)OCC1c2ccccc2-c2ccccc21)c1ccccc1. The molecule has 0 atom stereocenters. The fraction of sp³-hybridized carbons (Fsp3) is 0.200. The number of amides is 1. The standard InChI is InChI=1S/C25H23NO4/c1-25(2,23(27)28)26(17-10-4-3-5-11-17)24(29)30-16-22-20-14-8-6-12-18(20)19-13-7-9-15-21(19)22/h3-15,22H,16H2,1-2H3,(H,27,28). The zero-order chi connectivity index (χ0) is 21.3. The number of ether oxygens (including phenoxy) is 1. The Labute approximate surface area is 175 Å². The van der Waals surface area contributed by atoms with Crippen LogP contribution in [0.5, 0.6) is 0 Å². The number of fused-ring (bicyclic) bond motifs is 3. The van der Waals surface area contributed by atoms with Crippen molar-refractivity contribution in [3.05, 3.63) is 90.0 Å². The third kappa shape index (κ3) is 3.32. The van der Waals surface area contributed by atoms with Crippen LogP contribution in [-0.2, 0) is 9.53 Å². The topological polar surface area (TPSA) is 66.8 Å². The van der Waals surface area contributed by atoms with Gasteiger partial charge in [-0.15, -0.1) is 0 Å². The molecule has 0 radical (unpaired) electrons. The van der Waals surface area contributed by atoms with Crippen molar-refractivity contribution in [1.29, 1.82) is 0 Å². The molecule has 0 aromatic heterocycles. The smallest absolute Gasteiger partial charge is 0.415 e. The molecule has 4 rings (SSSR count). The Balaban J connectivity index is 1.62. The van der Waals surface area contributed by atoms with Gasteiger partial charge < -0.3 is 9.84 Å². The van der Waals surface area contributed by atoms with E-state index >= 15 is 0 Å². The molecule has 0 fully saturated rings. The molecule has 0 spiro atoms. The number of hydrogen-bond acceptors (Lipinski definition) is 3. The summed E-state index contributed by atoms with van der Waals surface area (Å²) in [5, 5.41) is 9.71.